The molecule has 0 spiro atoms. The molecular weight excluding hydrogens is 275 g/mol. The van der Waals surface area contributed by atoms with Crippen molar-refractivity contribution in [1.82, 2.24) is 4.90 Å². The molecule has 21 heavy (non-hydrogen) atoms. The lowest BCUT2D eigenvalue weighted by atomic mass is 10.2. The number of aliphatic hydroxyl groups is 1. The van der Waals surface area contributed by atoms with E-state index in [-0.39, 0.29) is 18.3 Å². The number of benzene rings is 1. The summed E-state index contributed by atoms with van der Waals surface area (Å²) in [6, 6.07) is 3.81. The van der Waals surface area contributed by atoms with Crippen LogP contribution in [0.4, 0.5) is 14.9 Å². The maximum Gasteiger partial charge on any atom is 0.321 e. The predicted molar refractivity (Wildman–Crippen MR) is 80.2 cm³/mol. The molecule has 0 aromatic heterocycles. The molecule has 2 N–H and O–H groups in total. The lowest BCUT2D eigenvalue weighted by Gasteiger charge is -2.23. The minimum Gasteiger partial charge on any atom is -0.497 e. The van der Waals surface area contributed by atoms with Crippen molar-refractivity contribution in [3.05, 3.63) is 24.0 Å². The van der Waals surface area contributed by atoms with Crippen LogP contribution in [0.3, 0.4) is 0 Å². The van der Waals surface area contributed by atoms with E-state index in [0.29, 0.717) is 25.3 Å². The summed E-state index contributed by atoms with van der Waals surface area (Å²) in [6.07, 6.45) is 2.31. The zero-order chi connectivity index (χ0) is 15.7. The van der Waals surface area contributed by atoms with Crippen LogP contribution in [0.5, 0.6) is 5.75 Å². The normalized spacial score (nSPS) is 10.3. The fraction of sp³-hybridized carbons (Fsp3) is 0.533. The van der Waals surface area contributed by atoms with E-state index in [1.54, 1.807) is 4.90 Å². The lowest BCUT2D eigenvalue weighted by molar-refractivity contribution is 0.201. The number of urea groups is 1. The molecule has 0 aliphatic heterocycles. The highest BCUT2D eigenvalue weighted by Crippen LogP contribution is 2.21. The van der Waals surface area contributed by atoms with E-state index in [1.807, 2.05) is 6.92 Å². The van der Waals surface area contributed by atoms with Crippen LogP contribution < -0.4 is 10.1 Å². The maximum atomic E-state index is 13.7. The maximum absolute atomic E-state index is 13.7. The zero-order valence-corrected chi connectivity index (χ0v) is 12.6. The van der Waals surface area contributed by atoms with Gasteiger partial charge in [0.25, 0.3) is 0 Å². The summed E-state index contributed by atoms with van der Waals surface area (Å²) in [4.78, 5) is 13.8. The quantitative estimate of drug-likeness (QED) is 0.776. The van der Waals surface area contributed by atoms with Crippen molar-refractivity contribution in [3.63, 3.8) is 0 Å². The van der Waals surface area contributed by atoms with Gasteiger partial charge in [0, 0.05) is 25.8 Å². The van der Waals surface area contributed by atoms with Gasteiger partial charge in [0.2, 0.25) is 0 Å². The van der Waals surface area contributed by atoms with E-state index < -0.39 is 5.82 Å². The lowest BCUT2D eigenvalue weighted by Crippen LogP contribution is -2.37. The van der Waals surface area contributed by atoms with Gasteiger partial charge in [0.05, 0.1) is 12.8 Å². The number of carbonyl (C=O) groups is 1. The molecule has 2 amide bonds. The number of methoxy groups -OCH3 is 1. The van der Waals surface area contributed by atoms with Crippen LogP contribution >= 0.6 is 0 Å². The first-order valence-electron chi connectivity index (χ1n) is 7.12. The second kappa shape index (κ2) is 9.18. The average molecular weight is 298 g/mol. The van der Waals surface area contributed by atoms with Gasteiger partial charge in [-0.2, -0.15) is 0 Å². The second-order valence-electron chi connectivity index (χ2n) is 4.69. The van der Waals surface area contributed by atoms with Crippen molar-refractivity contribution >= 4 is 11.7 Å². The number of aliphatic hydroxyl groups excluding tert-OH is 1. The van der Waals surface area contributed by atoms with Crippen molar-refractivity contribution in [2.75, 3.05) is 32.1 Å². The van der Waals surface area contributed by atoms with Crippen LogP contribution in [0.1, 0.15) is 26.2 Å². The summed E-state index contributed by atoms with van der Waals surface area (Å²) >= 11 is 0. The monoisotopic (exact) mass is 298 g/mol. The molecule has 1 aromatic rings. The standard InChI is InChI=1S/C15H23FN2O3/c1-3-4-8-18(9-5-10-19)15(20)17-14-11-12(21-2)6-7-13(14)16/h6-7,11,19H,3-5,8-10H2,1-2H3,(H,17,20). The van der Waals surface area contributed by atoms with Gasteiger partial charge < -0.3 is 20.1 Å². The van der Waals surface area contributed by atoms with Crippen LogP contribution in [-0.2, 0) is 0 Å². The number of carbonyl (C=O) groups excluding carboxylic acids is 1. The average Bonchev–Trinajstić information content (AvgIpc) is 2.49. The Hall–Kier alpha value is -1.82. The van der Waals surface area contributed by atoms with E-state index in [0.717, 1.165) is 12.8 Å². The summed E-state index contributed by atoms with van der Waals surface area (Å²) in [5, 5.41) is 11.4. The van der Waals surface area contributed by atoms with E-state index in [4.69, 9.17) is 9.84 Å². The van der Waals surface area contributed by atoms with Gasteiger partial charge in [-0.25, -0.2) is 9.18 Å². The van der Waals surface area contributed by atoms with Gasteiger partial charge in [0.15, 0.2) is 0 Å². The Kier molecular flexibility index (Phi) is 7.53. The highest BCUT2D eigenvalue weighted by atomic mass is 19.1. The Morgan fingerprint density at radius 1 is 1.38 bits per heavy atom. The van der Waals surface area contributed by atoms with E-state index >= 15 is 0 Å². The number of nitrogens with one attached hydrogen (secondary N) is 1. The predicted octanol–water partition coefficient (Wildman–Crippen LogP) is 2.85. The molecule has 0 saturated carbocycles. The van der Waals surface area contributed by atoms with Crippen molar-refractivity contribution in [3.8, 4) is 5.75 Å². The number of nitrogens with zero attached hydrogens (tertiary/aromatic N) is 1. The fourth-order valence-corrected chi connectivity index (χ4v) is 1.85. The van der Waals surface area contributed by atoms with Crippen molar-refractivity contribution in [2.45, 2.75) is 26.2 Å². The summed E-state index contributed by atoms with van der Waals surface area (Å²) < 4.78 is 18.7. The van der Waals surface area contributed by atoms with Crippen molar-refractivity contribution in [1.29, 1.82) is 0 Å². The van der Waals surface area contributed by atoms with Crippen molar-refractivity contribution in [2.24, 2.45) is 0 Å². The highest BCUT2D eigenvalue weighted by Gasteiger charge is 2.15. The molecule has 0 fully saturated rings. The Labute approximate surface area is 124 Å². The van der Waals surface area contributed by atoms with Crippen LogP contribution in [0, 0.1) is 5.82 Å². The third kappa shape index (κ3) is 5.59. The minimum absolute atomic E-state index is 0.0173. The topological polar surface area (TPSA) is 61.8 Å². The molecule has 0 bridgehead atoms. The number of hydrogen-bond donors (Lipinski definition) is 2. The third-order valence-electron chi connectivity index (χ3n) is 3.07. The third-order valence-corrected chi connectivity index (χ3v) is 3.07. The molecule has 0 radical (unpaired) electrons. The molecule has 0 heterocycles. The molecule has 0 aliphatic rings. The van der Waals surface area contributed by atoms with Gasteiger partial charge in [-0.3, -0.25) is 0 Å². The molecule has 0 saturated heterocycles. The number of unbranched alkanes of at least 4 members (excludes halogenated alkanes) is 1. The summed E-state index contributed by atoms with van der Waals surface area (Å²) in [6.45, 7) is 3.06. The Bertz CT molecular complexity index is 447. The first-order chi connectivity index (χ1) is 10.1. The second-order valence-corrected chi connectivity index (χ2v) is 4.69. The molecule has 1 aromatic carbocycles. The molecule has 0 aliphatic carbocycles. The first kappa shape index (κ1) is 17.2. The SMILES string of the molecule is CCCCN(CCCO)C(=O)Nc1cc(OC)ccc1F. The van der Waals surface area contributed by atoms with E-state index in [1.165, 1.54) is 25.3 Å². The van der Waals surface area contributed by atoms with Crippen LogP contribution in [0.2, 0.25) is 0 Å². The highest BCUT2D eigenvalue weighted by molar-refractivity contribution is 5.89. The smallest absolute Gasteiger partial charge is 0.321 e. The summed E-state index contributed by atoms with van der Waals surface area (Å²) in [5.74, 6) is -0.0380. The Morgan fingerprint density at radius 2 is 2.10 bits per heavy atom. The number of rotatable bonds is 8. The van der Waals surface area contributed by atoms with Gasteiger partial charge in [0.1, 0.15) is 11.6 Å². The Morgan fingerprint density at radius 3 is 2.71 bits per heavy atom. The number of amides is 2. The number of anilines is 1. The molecule has 6 heteroatoms. The van der Waals surface area contributed by atoms with Crippen LogP contribution in [-0.4, -0.2) is 42.8 Å². The van der Waals surface area contributed by atoms with Gasteiger partial charge in [-0.15, -0.1) is 0 Å². The summed E-state index contributed by atoms with van der Waals surface area (Å²) in [5.41, 5.74) is 0.0878. The molecule has 5 nitrogen and oxygen atoms in total. The minimum atomic E-state index is -0.512. The van der Waals surface area contributed by atoms with Gasteiger partial charge in [-0.05, 0) is 25.0 Å². The molecular formula is C15H23FN2O3. The van der Waals surface area contributed by atoms with Gasteiger partial charge >= 0.3 is 6.03 Å². The van der Waals surface area contributed by atoms with Crippen LogP contribution in [0.15, 0.2) is 18.2 Å². The molecule has 0 atom stereocenters. The summed E-state index contributed by atoms with van der Waals surface area (Å²) in [7, 11) is 1.48. The first-order valence-corrected chi connectivity index (χ1v) is 7.12. The zero-order valence-electron chi connectivity index (χ0n) is 12.6. The van der Waals surface area contributed by atoms with E-state index in [2.05, 4.69) is 5.32 Å². The number of halogens is 1. The van der Waals surface area contributed by atoms with Gasteiger partial charge in [-0.1, -0.05) is 13.3 Å². The molecule has 1 rings (SSSR count). The van der Waals surface area contributed by atoms with Crippen LogP contribution in [0.25, 0.3) is 0 Å². The largest absolute Gasteiger partial charge is 0.497 e. The Balaban J connectivity index is 2.75. The fourth-order valence-electron chi connectivity index (χ4n) is 1.85. The van der Waals surface area contributed by atoms with E-state index in [9.17, 15) is 9.18 Å². The molecule has 118 valence electrons. The number of hydrogen-bond acceptors (Lipinski definition) is 3. The molecule has 0 unspecified atom stereocenters. The number of ether oxygens (including phenoxy) is 1. The van der Waals surface area contributed by atoms with Crippen molar-refractivity contribution < 1.29 is 19.0 Å².